The van der Waals surface area contributed by atoms with Crippen LogP contribution in [0.3, 0.4) is 0 Å². The van der Waals surface area contributed by atoms with E-state index in [0.29, 0.717) is 13.1 Å². The molecular formula is C22H36IN5O2. The Morgan fingerprint density at radius 2 is 1.73 bits per heavy atom. The molecule has 0 aliphatic carbocycles. The smallest absolute Gasteiger partial charge is 0.236 e. The van der Waals surface area contributed by atoms with Gasteiger partial charge < -0.3 is 20.2 Å². The van der Waals surface area contributed by atoms with Crippen LogP contribution in [-0.4, -0.2) is 84.0 Å². The van der Waals surface area contributed by atoms with Gasteiger partial charge in [-0.25, -0.2) is 4.99 Å². The number of guanidine groups is 1. The fourth-order valence-corrected chi connectivity index (χ4v) is 3.98. The number of carbonyl (C=O) groups excluding carboxylic acids is 1. The van der Waals surface area contributed by atoms with Crippen molar-refractivity contribution in [2.24, 2.45) is 4.99 Å². The Bertz CT molecular complexity index is 684. The van der Waals surface area contributed by atoms with Crippen LogP contribution < -0.4 is 5.32 Å². The molecule has 1 aromatic carbocycles. The number of hydrogen-bond donors (Lipinski definition) is 2. The average Bonchev–Trinajstić information content (AvgIpc) is 3.01. The Kier molecular flexibility index (Phi) is 10.7. The number of aromatic hydroxyl groups is 1. The Morgan fingerprint density at radius 1 is 1.03 bits per heavy atom. The van der Waals surface area contributed by atoms with Crippen molar-refractivity contribution in [1.82, 2.24) is 20.0 Å². The lowest BCUT2D eigenvalue weighted by molar-refractivity contribution is -0.132. The van der Waals surface area contributed by atoms with E-state index in [-0.39, 0.29) is 35.6 Å². The first-order valence-corrected chi connectivity index (χ1v) is 11.0. The lowest BCUT2D eigenvalue weighted by Crippen LogP contribution is -2.54. The second-order valence-corrected chi connectivity index (χ2v) is 7.90. The standard InChI is InChI=1S/C22H35N5O2.HI/c1-2-23-22(24-17-19-8-7-9-20(28)16-19)27-14-12-25(13-15-27)18-21(29)26-10-5-3-4-6-11-26;/h7-9,16,28H,2-6,10-15,17-18H2,1H3,(H,23,24);1H. The maximum absolute atomic E-state index is 12.6. The Labute approximate surface area is 197 Å². The topological polar surface area (TPSA) is 71.4 Å². The molecule has 2 aliphatic rings. The first-order chi connectivity index (χ1) is 14.2. The molecule has 0 atom stereocenters. The minimum absolute atomic E-state index is 0. The predicted molar refractivity (Wildman–Crippen MR) is 131 cm³/mol. The quantitative estimate of drug-likeness (QED) is 0.349. The summed E-state index contributed by atoms with van der Waals surface area (Å²) in [4.78, 5) is 24.0. The summed E-state index contributed by atoms with van der Waals surface area (Å²) in [6.45, 7) is 9.25. The van der Waals surface area contributed by atoms with E-state index >= 15 is 0 Å². The number of halogens is 1. The molecular weight excluding hydrogens is 493 g/mol. The van der Waals surface area contributed by atoms with Gasteiger partial charge in [-0.3, -0.25) is 9.69 Å². The first kappa shape index (κ1) is 24.7. The van der Waals surface area contributed by atoms with Crippen LogP contribution in [-0.2, 0) is 11.3 Å². The van der Waals surface area contributed by atoms with Gasteiger partial charge in [0, 0.05) is 45.8 Å². The van der Waals surface area contributed by atoms with Gasteiger partial charge in [0.1, 0.15) is 5.75 Å². The summed E-state index contributed by atoms with van der Waals surface area (Å²) in [7, 11) is 0. The number of hydrogen-bond acceptors (Lipinski definition) is 4. The zero-order chi connectivity index (χ0) is 20.5. The van der Waals surface area contributed by atoms with Crippen molar-refractivity contribution in [1.29, 1.82) is 0 Å². The SMILES string of the molecule is CCNC(=NCc1cccc(O)c1)N1CCN(CC(=O)N2CCCCCC2)CC1.I. The van der Waals surface area contributed by atoms with Crippen LogP contribution in [0, 0.1) is 0 Å². The van der Waals surface area contributed by atoms with Crippen LogP contribution in [0.2, 0.25) is 0 Å². The van der Waals surface area contributed by atoms with E-state index in [1.807, 2.05) is 12.1 Å². The molecule has 0 spiro atoms. The largest absolute Gasteiger partial charge is 0.508 e. The van der Waals surface area contributed by atoms with Crippen LogP contribution in [0.25, 0.3) is 0 Å². The normalized spacial score (nSPS) is 18.5. The Balaban J connectivity index is 0.00000320. The van der Waals surface area contributed by atoms with Gasteiger partial charge in [-0.15, -0.1) is 24.0 Å². The maximum Gasteiger partial charge on any atom is 0.236 e. The minimum atomic E-state index is 0. The summed E-state index contributed by atoms with van der Waals surface area (Å²) >= 11 is 0. The van der Waals surface area contributed by atoms with Crippen molar-refractivity contribution in [3.8, 4) is 5.75 Å². The van der Waals surface area contributed by atoms with Gasteiger partial charge in [0.15, 0.2) is 5.96 Å². The first-order valence-electron chi connectivity index (χ1n) is 11.0. The van der Waals surface area contributed by atoms with Crippen molar-refractivity contribution >= 4 is 35.8 Å². The Morgan fingerprint density at radius 3 is 2.37 bits per heavy atom. The third kappa shape index (κ3) is 7.61. The van der Waals surface area contributed by atoms with Crippen LogP contribution in [0.1, 0.15) is 38.2 Å². The fraction of sp³-hybridized carbons (Fsp3) is 0.636. The summed E-state index contributed by atoms with van der Waals surface area (Å²) in [5, 5.41) is 13.0. The van der Waals surface area contributed by atoms with Gasteiger partial charge in [0.2, 0.25) is 5.91 Å². The molecule has 2 heterocycles. The number of phenolic OH excluding ortho intramolecular Hbond substituents is 1. The highest BCUT2D eigenvalue weighted by atomic mass is 127. The number of nitrogens with one attached hydrogen (secondary N) is 1. The lowest BCUT2D eigenvalue weighted by Gasteiger charge is -2.37. The van der Waals surface area contributed by atoms with Crippen molar-refractivity contribution in [2.75, 3.05) is 52.4 Å². The fourth-order valence-electron chi connectivity index (χ4n) is 3.98. The van der Waals surface area contributed by atoms with E-state index in [2.05, 4.69) is 26.9 Å². The highest BCUT2D eigenvalue weighted by Crippen LogP contribution is 2.13. The molecule has 8 heteroatoms. The molecule has 2 aliphatic heterocycles. The number of likely N-dealkylation sites (tertiary alicyclic amines) is 1. The zero-order valence-electron chi connectivity index (χ0n) is 18.1. The van der Waals surface area contributed by atoms with Gasteiger partial charge in [0.05, 0.1) is 13.1 Å². The van der Waals surface area contributed by atoms with Crippen LogP contribution in [0.4, 0.5) is 0 Å². The molecule has 168 valence electrons. The number of carbonyl (C=O) groups is 1. The molecule has 2 N–H and O–H groups in total. The molecule has 0 saturated carbocycles. The van der Waals surface area contributed by atoms with Crippen molar-refractivity contribution in [3.05, 3.63) is 29.8 Å². The minimum Gasteiger partial charge on any atom is -0.508 e. The molecule has 2 saturated heterocycles. The molecule has 1 amide bonds. The van der Waals surface area contributed by atoms with Crippen molar-refractivity contribution in [2.45, 2.75) is 39.2 Å². The lowest BCUT2D eigenvalue weighted by atomic mass is 10.2. The van der Waals surface area contributed by atoms with Crippen molar-refractivity contribution < 1.29 is 9.90 Å². The van der Waals surface area contributed by atoms with E-state index in [9.17, 15) is 9.90 Å². The van der Waals surface area contributed by atoms with E-state index in [1.54, 1.807) is 12.1 Å². The number of phenols is 1. The van der Waals surface area contributed by atoms with E-state index in [0.717, 1.165) is 70.2 Å². The van der Waals surface area contributed by atoms with Crippen LogP contribution in [0.5, 0.6) is 5.75 Å². The summed E-state index contributed by atoms with van der Waals surface area (Å²) < 4.78 is 0. The monoisotopic (exact) mass is 529 g/mol. The van der Waals surface area contributed by atoms with Gasteiger partial charge in [-0.05, 0) is 37.5 Å². The number of piperazine rings is 1. The summed E-state index contributed by atoms with van der Waals surface area (Å²) in [6, 6.07) is 7.23. The zero-order valence-corrected chi connectivity index (χ0v) is 20.4. The summed E-state index contributed by atoms with van der Waals surface area (Å²) in [5.74, 6) is 1.45. The second kappa shape index (κ2) is 13.0. The third-order valence-electron chi connectivity index (χ3n) is 5.65. The maximum atomic E-state index is 12.6. The molecule has 1 aromatic rings. The number of benzene rings is 1. The number of rotatable bonds is 5. The second-order valence-electron chi connectivity index (χ2n) is 7.90. The summed E-state index contributed by atoms with van der Waals surface area (Å²) in [6.07, 6.45) is 4.78. The van der Waals surface area contributed by atoms with Crippen LogP contribution in [0.15, 0.2) is 29.3 Å². The van der Waals surface area contributed by atoms with Gasteiger partial charge in [-0.1, -0.05) is 25.0 Å². The molecule has 0 aromatic heterocycles. The van der Waals surface area contributed by atoms with Gasteiger partial charge in [-0.2, -0.15) is 0 Å². The molecule has 3 rings (SSSR count). The van der Waals surface area contributed by atoms with E-state index in [4.69, 9.17) is 4.99 Å². The highest BCUT2D eigenvalue weighted by molar-refractivity contribution is 14.0. The molecule has 30 heavy (non-hydrogen) atoms. The molecule has 2 fully saturated rings. The third-order valence-corrected chi connectivity index (χ3v) is 5.65. The number of amides is 1. The average molecular weight is 529 g/mol. The van der Waals surface area contributed by atoms with Crippen molar-refractivity contribution in [3.63, 3.8) is 0 Å². The molecule has 0 unspecified atom stereocenters. The highest BCUT2D eigenvalue weighted by Gasteiger charge is 2.23. The van der Waals surface area contributed by atoms with E-state index in [1.165, 1.54) is 12.8 Å². The van der Waals surface area contributed by atoms with E-state index < -0.39 is 0 Å². The molecule has 0 radical (unpaired) electrons. The van der Waals surface area contributed by atoms with Gasteiger partial charge in [0.25, 0.3) is 0 Å². The van der Waals surface area contributed by atoms with Crippen LogP contribution >= 0.6 is 24.0 Å². The molecule has 0 bridgehead atoms. The van der Waals surface area contributed by atoms with Gasteiger partial charge >= 0.3 is 0 Å². The Hall–Kier alpha value is -1.55. The number of nitrogens with zero attached hydrogens (tertiary/aromatic N) is 4. The number of aliphatic imine (C=N–C) groups is 1. The molecule has 7 nitrogen and oxygen atoms in total. The predicted octanol–water partition coefficient (Wildman–Crippen LogP) is 2.50. The summed E-state index contributed by atoms with van der Waals surface area (Å²) in [5.41, 5.74) is 0.988.